The van der Waals surface area contributed by atoms with Crippen LogP contribution in [0.15, 0.2) is 65.8 Å². The number of thiol groups is 1. The highest BCUT2D eigenvalue weighted by Gasteiger charge is 2.10. The summed E-state index contributed by atoms with van der Waals surface area (Å²) in [6, 6.07) is 8.64. The molecular weight excluding hydrogens is 334 g/mol. The third-order valence-electron chi connectivity index (χ3n) is 5.01. The van der Waals surface area contributed by atoms with Crippen LogP contribution in [0.3, 0.4) is 0 Å². The Morgan fingerprint density at radius 3 is 2.27 bits per heavy atom. The Bertz CT molecular complexity index is 675. The van der Waals surface area contributed by atoms with Gasteiger partial charge in [-0.1, -0.05) is 74.1 Å². The minimum absolute atomic E-state index is 0.533. The van der Waals surface area contributed by atoms with Crippen molar-refractivity contribution in [3.63, 3.8) is 0 Å². The third kappa shape index (κ3) is 6.34. The van der Waals surface area contributed by atoms with Gasteiger partial charge in [-0.3, -0.25) is 0 Å². The number of benzene rings is 1. The summed E-state index contributed by atoms with van der Waals surface area (Å²) >= 11 is 3.53. The van der Waals surface area contributed by atoms with Crippen LogP contribution in [0.5, 0.6) is 0 Å². The van der Waals surface area contributed by atoms with E-state index in [1.165, 1.54) is 54.6 Å². The molecule has 1 aromatic rings. The number of rotatable bonds is 0. The van der Waals surface area contributed by atoms with Gasteiger partial charge in [0.15, 0.2) is 0 Å². The van der Waals surface area contributed by atoms with Gasteiger partial charge in [0.1, 0.15) is 0 Å². The quantitative estimate of drug-likeness (QED) is 0.553. The normalized spacial score (nSPS) is 21.3. The number of hydrogen-bond donors (Lipinski definition) is 1. The predicted octanol–water partition coefficient (Wildman–Crippen LogP) is 5.96. The Hall–Kier alpha value is -1.51. The van der Waals surface area contributed by atoms with Gasteiger partial charge in [0.2, 0.25) is 0 Å². The van der Waals surface area contributed by atoms with Crippen molar-refractivity contribution in [1.29, 1.82) is 0 Å². The Labute approximate surface area is 165 Å². The van der Waals surface area contributed by atoms with Crippen LogP contribution < -0.4 is 0 Å². The first-order valence-corrected chi connectivity index (χ1v) is 10.6. The monoisotopic (exact) mass is 367 g/mol. The van der Waals surface area contributed by atoms with Gasteiger partial charge >= 0.3 is 0 Å². The van der Waals surface area contributed by atoms with Crippen LogP contribution in [-0.2, 0) is 6.42 Å². The molecule has 0 bridgehead atoms. The smallest absolute Gasteiger partial charge is 0.00140 e. The zero-order valence-electron chi connectivity index (χ0n) is 16.5. The summed E-state index contributed by atoms with van der Waals surface area (Å²) in [6.45, 7) is 4.86. The van der Waals surface area contributed by atoms with Crippen molar-refractivity contribution < 1.29 is 0 Å². The van der Waals surface area contributed by atoms with Crippen molar-refractivity contribution in [3.05, 3.63) is 76.9 Å². The SMILES string of the molecule is CC1C=CC2=C(C=C1)Cc1ccccc1C=C2.CN1CCCCC1.CS. The molecule has 1 nitrogen and oxygen atoms in total. The maximum atomic E-state index is 3.53. The van der Waals surface area contributed by atoms with Gasteiger partial charge in [-0.15, -0.1) is 0 Å². The summed E-state index contributed by atoms with van der Waals surface area (Å²) in [4.78, 5) is 2.39. The molecule has 2 heteroatoms. The molecule has 1 atom stereocenters. The molecule has 0 N–H and O–H groups in total. The van der Waals surface area contributed by atoms with Crippen LogP contribution in [0, 0.1) is 5.92 Å². The molecule has 0 radical (unpaired) electrons. The minimum atomic E-state index is 0.533. The summed E-state index contributed by atoms with van der Waals surface area (Å²) in [5, 5.41) is 0. The number of hydrogen-bond acceptors (Lipinski definition) is 2. The lowest BCUT2D eigenvalue weighted by Gasteiger charge is -2.20. The second-order valence-electron chi connectivity index (χ2n) is 7.13. The highest BCUT2D eigenvalue weighted by atomic mass is 32.1. The van der Waals surface area contributed by atoms with E-state index in [9.17, 15) is 0 Å². The van der Waals surface area contributed by atoms with E-state index in [1.54, 1.807) is 6.26 Å². The maximum absolute atomic E-state index is 3.53. The van der Waals surface area contributed by atoms with E-state index in [0.717, 1.165) is 6.42 Å². The summed E-state index contributed by atoms with van der Waals surface area (Å²) in [5.74, 6) is 0.533. The zero-order chi connectivity index (χ0) is 18.8. The van der Waals surface area contributed by atoms with Gasteiger partial charge in [0.25, 0.3) is 0 Å². The second-order valence-corrected chi connectivity index (χ2v) is 7.13. The summed E-state index contributed by atoms with van der Waals surface area (Å²) in [6.07, 6.45) is 20.5. The molecule has 1 aliphatic heterocycles. The van der Waals surface area contributed by atoms with Crippen molar-refractivity contribution in [2.75, 3.05) is 26.4 Å². The minimum Gasteiger partial charge on any atom is -0.306 e. The van der Waals surface area contributed by atoms with Crippen molar-refractivity contribution >= 4 is 18.7 Å². The molecule has 26 heavy (non-hydrogen) atoms. The van der Waals surface area contributed by atoms with Crippen LogP contribution in [-0.4, -0.2) is 31.3 Å². The predicted molar refractivity (Wildman–Crippen MR) is 120 cm³/mol. The Morgan fingerprint density at radius 2 is 1.58 bits per heavy atom. The fourth-order valence-corrected chi connectivity index (χ4v) is 3.41. The highest BCUT2D eigenvalue weighted by Crippen LogP contribution is 2.26. The third-order valence-corrected chi connectivity index (χ3v) is 5.01. The summed E-state index contributed by atoms with van der Waals surface area (Å²) in [7, 11) is 2.19. The highest BCUT2D eigenvalue weighted by molar-refractivity contribution is 7.79. The molecule has 3 aliphatic rings. The molecule has 1 fully saturated rings. The molecule has 0 amide bonds. The Kier molecular flexibility index (Phi) is 9.00. The molecule has 0 aromatic heterocycles. The van der Waals surface area contributed by atoms with E-state index in [0.29, 0.717) is 5.92 Å². The first kappa shape index (κ1) is 20.8. The van der Waals surface area contributed by atoms with Gasteiger partial charge in [0.05, 0.1) is 0 Å². The molecular formula is C24H33NS. The molecule has 1 unspecified atom stereocenters. The van der Waals surface area contributed by atoms with Crippen LogP contribution in [0.4, 0.5) is 0 Å². The lowest BCUT2D eigenvalue weighted by Crippen LogP contribution is -2.24. The van der Waals surface area contributed by atoms with Crippen LogP contribution >= 0.6 is 12.6 Å². The summed E-state index contributed by atoms with van der Waals surface area (Å²) in [5.41, 5.74) is 5.53. The van der Waals surface area contributed by atoms with Gasteiger partial charge in [-0.2, -0.15) is 12.6 Å². The molecule has 1 saturated heterocycles. The average molecular weight is 368 g/mol. The first-order chi connectivity index (χ1) is 12.7. The van der Waals surface area contributed by atoms with Crippen LogP contribution in [0.2, 0.25) is 0 Å². The maximum Gasteiger partial charge on any atom is -0.00140 e. The van der Waals surface area contributed by atoms with Crippen molar-refractivity contribution in [2.24, 2.45) is 5.92 Å². The molecule has 0 saturated carbocycles. The van der Waals surface area contributed by atoms with Gasteiger partial charge < -0.3 is 4.90 Å². The van der Waals surface area contributed by atoms with Gasteiger partial charge in [-0.25, -0.2) is 0 Å². The molecule has 4 rings (SSSR count). The van der Waals surface area contributed by atoms with Crippen molar-refractivity contribution in [3.8, 4) is 0 Å². The lowest BCUT2D eigenvalue weighted by atomic mass is 9.99. The zero-order valence-corrected chi connectivity index (χ0v) is 17.4. The molecule has 1 aromatic carbocycles. The molecule has 2 aliphatic carbocycles. The van der Waals surface area contributed by atoms with E-state index < -0.39 is 0 Å². The number of piperidine rings is 1. The topological polar surface area (TPSA) is 3.24 Å². The number of likely N-dealkylation sites (tertiary alicyclic amines) is 1. The van der Waals surface area contributed by atoms with Crippen LogP contribution in [0.1, 0.15) is 37.3 Å². The summed E-state index contributed by atoms with van der Waals surface area (Å²) < 4.78 is 0. The van der Waals surface area contributed by atoms with E-state index in [-0.39, 0.29) is 0 Å². The molecule has 1 heterocycles. The van der Waals surface area contributed by atoms with Gasteiger partial charge in [0, 0.05) is 0 Å². The largest absolute Gasteiger partial charge is 0.306 e. The van der Waals surface area contributed by atoms with E-state index in [1.807, 2.05) is 0 Å². The van der Waals surface area contributed by atoms with E-state index >= 15 is 0 Å². The molecule has 0 spiro atoms. The van der Waals surface area contributed by atoms with Crippen molar-refractivity contribution in [1.82, 2.24) is 4.90 Å². The number of nitrogens with zero attached hydrogens (tertiary/aromatic N) is 1. The number of fused-ring (bicyclic) bond motifs is 1. The van der Waals surface area contributed by atoms with Crippen molar-refractivity contribution in [2.45, 2.75) is 32.6 Å². The Morgan fingerprint density at radius 1 is 0.885 bits per heavy atom. The fraction of sp³-hybridized carbons (Fsp3) is 0.417. The van der Waals surface area contributed by atoms with E-state index in [2.05, 4.69) is 92.2 Å². The molecule has 140 valence electrons. The van der Waals surface area contributed by atoms with Gasteiger partial charge in [-0.05, 0) is 73.8 Å². The van der Waals surface area contributed by atoms with E-state index in [4.69, 9.17) is 0 Å². The second kappa shape index (κ2) is 11.3. The standard InChI is InChI=1S/C17H16.C6H13N.CH4S/c1-13-6-8-15-11-10-14-4-2-3-5-16(14)12-17(15)9-7-13;1-7-5-3-2-4-6-7;1-2/h2-11,13H,12H2,1H3;2-6H2,1H3;2H,1H3. The average Bonchev–Trinajstić information content (AvgIpc) is 2.97. The Balaban J connectivity index is 0.000000227. The lowest BCUT2D eigenvalue weighted by molar-refractivity contribution is 0.277. The first-order valence-electron chi connectivity index (χ1n) is 9.71. The fourth-order valence-electron chi connectivity index (χ4n) is 3.41. The van der Waals surface area contributed by atoms with Crippen LogP contribution in [0.25, 0.3) is 6.08 Å². The number of allylic oxidation sites excluding steroid dienone is 7.